The van der Waals surface area contributed by atoms with Crippen molar-refractivity contribution in [2.45, 2.75) is 0 Å². The Morgan fingerprint density at radius 1 is 1.08 bits per heavy atom. The van der Waals surface area contributed by atoms with Gasteiger partial charge in [0.25, 0.3) is 0 Å². The quantitative estimate of drug-likeness (QED) is 0.187. The van der Waals surface area contributed by atoms with Crippen LogP contribution < -0.4 is 0 Å². The zero-order chi connectivity index (χ0) is 10.7. The molecule has 0 aromatic rings. The molecule has 0 N–H and O–H groups in total. The number of hydrogen-bond donors (Lipinski definition) is 0. The van der Waals surface area contributed by atoms with Gasteiger partial charge in [0.2, 0.25) is 0 Å². The molecule has 0 spiro atoms. The van der Waals surface area contributed by atoms with Gasteiger partial charge in [0.1, 0.15) is 0 Å². The fourth-order valence-electron chi connectivity index (χ4n) is 0.368. The average molecular weight is 230 g/mol. The zero-order valence-electron chi connectivity index (χ0n) is 6.66. The van der Waals surface area contributed by atoms with E-state index >= 15 is 0 Å². The lowest BCUT2D eigenvalue weighted by Crippen LogP contribution is -2.27. The first-order valence-corrected chi connectivity index (χ1v) is 5.46. The number of hydrogen-bond acceptors (Lipinski definition) is 6. The molecule has 0 saturated heterocycles. The second-order valence-corrected chi connectivity index (χ2v) is 5.12. The van der Waals surface area contributed by atoms with Gasteiger partial charge in [-0.15, -0.1) is 4.79 Å². The Balaban J connectivity index is 5.62. The highest BCUT2D eigenvalue weighted by Crippen LogP contribution is 2.02. The number of rotatable bonds is 2. The third-order valence-electron chi connectivity index (χ3n) is 0.948. The minimum absolute atomic E-state index is 0.714. The molecule has 13 heavy (non-hydrogen) atoms. The van der Waals surface area contributed by atoms with Crippen LogP contribution in [0.3, 0.4) is 0 Å². The Morgan fingerprint density at radius 3 is 1.54 bits per heavy atom. The molecule has 0 aromatic carbocycles. The van der Waals surface area contributed by atoms with Gasteiger partial charge in [-0.2, -0.15) is 16.8 Å². The lowest BCUT2D eigenvalue weighted by Gasteiger charge is -1.95. The maximum atomic E-state index is 10.8. The molecule has 0 fully saturated rings. The predicted octanol–water partition coefficient (Wildman–Crippen LogP) is -1.48. The molecule has 10 heteroatoms. The average Bonchev–Trinajstić information content (AvgIpc) is 2.05. The summed E-state index contributed by atoms with van der Waals surface area (Å²) < 4.78 is 49.1. The normalized spacial score (nSPS) is 12.2. The molecule has 0 heterocycles. The monoisotopic (exact) mass is 230 g/mol. The first-order valence-electron chi connectivity index (χ1n) is 2.65. The number of nitrogens with zero attached hydrogens (tertiary/aromatic N) is 2. The third kappa shape index (κ3) is 2.57. The minimum Gasteiger partial charge on any atom is -0.359 e. The molecule has 0 radical (unpaired) electrons. The Bertz CT molecular complexity index is 390. The standard InChI is InChI=1S/C3H6N2O6S2/c1-10-12(6,7)3(5-4)13(8,9)11-2/h1-2H3. The SMILES string of the molecule is COS(=O)(=O)C(=[N+]=[N-])S(=O)(=O)OC. The first kappa shape index (κ1) is 12.2. The zero-order valence-corrected chi connectivity index (χ0v) is 8.29. The molecule has 0 bridgehead atoms. The van der Waals surface area contributed by atoms with Gasteiger partial charge in [0.15, 0.2) is 0 Å². The van der Waals surface area contributed by atoms with Crippen molar-refractivity contribution in [3.63, 3.8) is 0 Å². The Hall–Kier alpha value is -0.800. The summed E-state index contributed by atoms with van der Waals surface area (Å²) in [5, 5.41) is 0. The summed E-state index contributed by atoms with van der Waals surface area (Å²) in [6.45, 7) is 0. The van der Waals surface area contributed by atoms with Crippen LogP contribution in [0.25, 0.3) is 5.53 Å². The summed E-state index contributed by atoms with van der Waals surface area (Å²) in [6, 6.07) is 0. The molecule has 0 atom stereocenters. The van der Waals surface area contributed by atoms with E-state index in [1.165, 1.54) is 0 Å². The van der Waals surface area contributed by atoms with E-state index in [1.807, 2.05) is 0 Å². The fourth-order valence-corrected chi connectivity index (χ4v) is 2.26. The van der Waals surface area contributed by atoms with Crippen LogP contribution in [-0.4, -0.2) is 40.2 Å². The Morgan fingerprint density at radius 2 is 1.38 bits per heavy atom. The Kier molecular flexibility index (Phi) is 3.70. The van der Waals surface area contributed by atoms with Gasteiger partial charge in [0, 0.05) is 0 Å². The second-order valence-electron chi connectivity index (χ2n) is 1.61. The van der Waals surface area contributed by atoms with Crippen molar-refractivity contribution in [2.75, 3.05) is 14.2 Å². The van der Waals surface area contributed by atoms with Crippen molar-refractivity contribution in [3.05, 3.63) is 5.53 Å². The van der Waals surface area contributed by atoms with E-state index in [0.29, 0.717) is 14.2 Å². The highest BCUT2D eigenvalue weighted by Gasteiger charge is 2.42. The van der Waals surface area contributed by atoms with Gasteiger partial charge in [0.05, 0.1) is 14.2 Å². The summed E-state index contributed by atoms with van der Waals surface area (Å²) in [5.74, 6) is 0. The maximum absolute atomic E-state index is 10.8. The van der Waals surface area contributed by atoms with E-state index < -0.39 is 24.6 Å². The van der Waals surface area contributed by atoms with Gasteiger partial charge >= 0.3 is 24.6 Å². The molecule has 76 valence electrons. The Labute approximate surface area is 74.9 Å². The summed E-state index contributed by atoms with van der Waals surface area (Å²) in [6.07, 6.45) is 0. The van der Waals surface area contributed by atoms with Crippen LogP contribution in [-0.2, 0) is 28.6 Å². The summed E-state index contributed by atoms with van der Waals surface area (Å²) in [5.41, 5.74) is 8.13. The van der Waals surface area contributed by atoms with E-state index in [1.54, 1.807) is 0 Å². The van der Waals surface area contributed by atoms with E-state index in [9.17, 15) is 16.8 Å². The first-order chi connectivity index (χ1) is 5.81. The third-order valence-corrected chi connectivity index (χ3v) is 4.07. The highest BCUT2D eigenvalue weighted by atomic mass is 32.3. The van der Waals surface area contributed by atoms with E-state index in [2.05, 4.69) is 13.2 Å². The van der Waals surface area contributed by atoms with Crippen LogP contribution in [0.15, 0.2) is 0 Å². The van der Waals surface area contributed by atoms with Gasteiger partial charge in [-0.1, -0.05) is 0 Å². The van der Waals surface area contributed by atoms with Gasteiger partial charge in [-0.25, -0.2) is 0 Å². The molecule has 8 nitrogen and oxygen atoms in total. The van der Waals surface area contributed by atoms with E-state index in [4.69, 9.17) is 5.53 Å². The fraction of sp³-hybridized carbons (Fsp3) is 0.667. The van der Waals surface area contributed by atoms with Crippen LogP contribution in [0.1, 0.15) is 0 Å². The molecular weight excluding hydrogens is 224 g/mol. The second kappa shape index (κ2) is 3.94. The molecular formula is C3H6N2O6S2. The van der Waals surface area contributed by atoms with E-state index in [-0.39, 0.29) is 0 Å². The smallest absolute Gasteiger partial charge is 0.359 e. The lowest BCUT2D eigenvalue weighted by molar-refractivity contribution is 0.00218. The van der Waals surface area contributed by atoms with Crippen molar-refractivity contribution in [2.24, 2.45) is 0 Å². The predicted molar refractivity (Wildman–Crippen MR) is 40.5 cm³/mol. The van der Waals surface area contributed by atoms with Crippen LogP contribution in [0.4, 0.5) is 0 Å². The van der Waals surface area contributed by atoms with Crippen molar-refractivity contribution >= 4 is 24.6 Å². The molecule has 0 rings (SSSR count). The van der Waals surface area contributed by atoms with Gasteiger partial charge < -0.3 is 5.53 Å². The maximum Gasteiger partial charge on any atom is 0.546 e. The van der Waals surface area contributed by atoms with Gasteiger partial charge in [-0.3, -0.25) is 8.37 Å². The lowest BCUT2D eigenvalue weighted by atomic mass is 11.7. The van der Waals surface area contributed by atoms with Crippen LogP contribution >= 0.6 is 0 Å². The largest absolute Gasteiger partial charge is 0.546 e. The van der Waals surface area contributed by atoms with Crippen molar-refractivity contribution in [1.29, 1.82) is 0 Å². The topological polar surface area (TPSA) is 123 Å². The van der Waals surface area contributed by atoms with Crippen molar-refractivity contribution < 1.29 is 30.0 Å². The van der Waals surface area contributed by atoms with E-state index in [0.717, 1.165) is 0 Å². The summed E-state index contributed by atoms with van der Waals surface area (Å²) in [7, 11) is -7.76. The van der Waals surface area contributed by atoms with Crippen LogP contribution in [0, 0.1) is 0 Å². The van der Waals surface area contributed by atoms with Crippen molar-refractivity contribution in [3.8, 4) is 0 Å². The summed E-state index contributed by atoms with van der Waals surface area (Å²) >= 11 is 0. The highest BCUT2D eigenvalue weighted by molar-refractivity contribution is 8.27. The molecule has 0 aliphatic carbocycles. The summed E-state index contributed by atoms with van der Waals surface area (Å²) in [4.78, 5) is 2.06. The van der Waals surface area contributed by atoms with Crippen LogP contribution in [0.2, 0.25) is 0 Å². The molecule has 0 saturated carbocycles. The van der Waals surface area contributed by atoms with Crippen LogP contribution in [0.5, 0.6) is 0 Å². The van der Waals surface area contributed by atoms with Crippen molar-refractivity contribution in [1.82, 2.24) is 0 Å². The molecule has 0 unspecified atom stereocenters. The minimum atomic E-state index is -4.59. The van der Waals surface area contributed by atoms with Gasteiger partial charge in [-0.05, 0) is 0 Å². The molecule has 0 aliphatic rings. The molecule has 0 aliphatic heterocycles. The molecule has 0 amide bonds. The molecule has 0 aromatic heterocycles.